The van der Waals surface area contributed by atoms with Crippen molar-refractivity contribution in [2.24, 2.45) is 0 Å². The Labute approximate surface area is 166 Å². The molecule has 1 aliphatic heterocycles. The van der Waals surface area contributed by atoms with E-state index in [-0.39, 0.29) is 18.1 Å². The van der Waals surface area contributed by atoms with Crippen molar-refractivity contribution in [1.29, 1.82) is 5.41 Å². The monoisotopic (exact) mass is 383 g/mol. The van der Waals surface area contributed by atoms with Gasteiger partial charge in [-0.1, -0.05) is 66.7 Å². The van der Waals surface area contributed by atoms with E-state index in [0.717, 1.165) is 27.7 Å². The maximum Gasteiger partial charge on any atom is 0.139 e. The summed E-state index contributed by atoms with van der Waals surface area (Å²) < 4.78 is 0. The van der Waals surface area contributed by atoms with Gasteiger partial charge in [-0.15, -0.1) is 11.3 Å². The Balaban J connectivity index is 1.52. The van der Waals surface area contributed by atoms with Gasteiger partial charge < -0.3 is 10.0 Å². The normalized spacial score (nSPS) is 14.3. The van der Waals surface area contributed by atoms with Crippen molar-refractivity contribution in [3.8, 4) is 11.3 Å². The van der Waals surface area contributed by atoms with Crippen molar-refractivity contribution in [3.63, 3.8) is 0 Å². The van der Waals surface area contributed by atoms with Gasteiger partial charge in [0.05, 0.1) is 23.5 Å². The third-order valence-electron chi connectivity index (χ3n) is 4.95. The summed E-state index contributed by atoms with van der Waals surface area (Å²) in [5, 5.41) is 24.2. The first-order chi connectivity index (χ1) is 13.7. The van der Waals surface area contributed by atoms with Gasteiger partial charge in [-0.2, -0.15) is 0 Å². The highest BCUT2D eigenvalue weighted by Crippen LogP contribution is 2.36. The Kier molecular flexibility index (Phi) is 3.95. The minimum Gasteiger partial charge on any atom is -0.510 e. The molecule has 136 valence electrons. The van der Waals surface area contributed by atoms with E-state index in [1.54, 1.807) is 0 Å². The minimum absolute atomic E-state index is 0.187. The Hall–Kier alpha value is -3.44. The molecule has 0 saturated carbocycles. The summed E-state index contributed by atoms with van der Waals surface area (Å²) in [6, 6.07) is 24.1. The Bertz CT molecular complexity index is 1220. The van der Waals surface area contributed by atoms with Gasteiger partial charge in [0.15, 0.2) is 0 Å². The highest BCUT2D eigenvalue weighted by Gasteiger charge is 2.32. The molecular weight excluding hydrogens is 366 g/mol. The number of amidine groups is 1. The summed E-state index contributed by atoms with van der Waals surface area (Å²) >= 11 is 1.45. The number of aliphatic hydroxyl groups is 1. The number of hydrogen-bond acceptors (Lipinski definition) is 4. The van der Waals surface area contributed by atoms with Crippen molar-refractivity contribution in [3.05, 3.63) is 88.9 Å². The van der Waals surface area contributed by atoms with Crippen molar-refractivity contribution in [2.45, 2.75) is 0 Å². The summed E-state index contributed by atoms with van der Waals surface area (Å²) in [5.41, 5.74) is 3.32. The van der Waals surface area contributed by atoms with E-state index in [1.165, 1.54) is 11.3 Å². The first kappa shape index (κ1) is 16.7. The molecule has 4 aromatic rings. The minimum atomic E-state index is 0.187. The molecule has 1 aliphatic rings. The molecule has 2 heterocycles. The molecule has 0 spiro atoms. The van der Waals surface area contributed by atoms with Crippen LogP contribution in [-0.2, 0) is 0 Å². The van der Waals surface area contributed by atoms with Gasteiger partial charge in [-0.25, -0.2) is 4.98 Å². The van der Waals surface area contributed by atoms with Crippen LogP contribution >= 0.6 is 11.3 Å². The SMILES string of the molecule is N=C1C(c2nc(-c3ccccc3)cs2)=C(O)CN1c1cccc2ccccc12. The summed E-state index contributed by atoms with van der Waals surface area (Å²) in [5.74, 6) is 0.467. The molecule has 4 nitrogen and oxygen atoms in total. The number of thiazole rings is 1. The van der Waals surface area contributed by atoms with Gasteiger partial charge in [-0.05, 0) is 11.5 Å². The van der Waals surface area contributed by atoms with Crippen LogP contribution in [0.5, 0.6) is 0 Å². The van der Waals surface area contributed by atoms with Crippen LogP contribution in [0, 0.1) is 5.41 Å². The van der Waals surface area contributed by atoms with Gasteiger partial charge in [0.2, 0.25) is 0 Å². The Morgan fingerprint density at radius 1 is 0.929 bits per heavy atom. The van der Waals surface area contributed by atoms with Crippen LogP contribution in [0.15, 0.2) is 83.9 Å². The van der Waals surface area contributed by atoms with Crippen molar-refractivity contribution >= 4 is 39.2 Å². The molecule has 0 atom stereocenters. The van der Waals surface area contributed by atoms with E-state index in [1.807, 2.05) is 70.9 Å². The van der Waals surface area contributed by atoms with E-state index >= 15 is 0 Å². The molecular formula is C23H17N3OS. The van der Waals surface area contributed by atoms with Crippen LogP contribution in [0.2, 0.25) is 0 Å². The number of aliphatic hydroxyl groups excluding tert-OH is 1. The molecule has 3 aromatic carbocycles. The molecule has 1 aromatic heterocycles. The zero-order valence-corrected chi connectivity index (χ0v) is 15.8. The fourth-order valence-corrected chi connectivity index (χ4v) is 4.48. The fourth-order valence-electron chi connectivity index (χ4n) is 3.58. The predicted octanol–water partition coefficient (Wildman–Crippen LogP) is 5.73. The third-order valence-corrected chi connectivity index (χ3v) is 5.81. The largest absolute Gasteiger partial charge is 0.510 e. The second-order valence-corrected chi connectivity index (χ2v) is 7.52. The number of rotatable bonds is 3. The van der Waals surface area contributed by atoms with E-state index in [2.05, 4.69) is 17.1 Å². The van der Waals surface area contributed by atoms with Crippen LogP contribution in [0.25, 0.3) is 27.6 Å². The standard InChI is InChI=1S/C23H17N3OS/c24-22-21(23-25-18(14-28-23)16-8-2-1-3-9-16)20(27)13-26(22)19-12-6-10-15-7-4-5-11-17(15)19/h1-12,14,24,27H,13H2. The number of aromatic nitrogens is 1. The molecule has 5 heteroatoms. The van der Waals surface area contributed by atoms with E-state index < -0.39 is 0 Å². The highest BCUT2D eigenvalue weighted by atomic mass is 32.1. The quantitative estimate of drug-likeness (QED) is 0.475. The maximum atomic E-state index is 10.7. The molecule has 0 unspecified atom stereocenters. The molecule has 28 heavy (non-hydrogen) atoms. The lowest BCUT2D eigenvalue weighted by Crippen LogP contribution is -2.26. The highest BCUT2D eigenvalue weighted by molar-refractivity contribution is 7.11. The molecule has 0 amide bonds. The molecule has 0 saturated heterocycles. The van der Waals surface area contributed by atoms with Crippen molar-refractivity contribution in [2.75, 3.05) is 11.4 Å². The number of nitrogens with one attached hydrogen (secondary N) is 1. The van der Waals surface area contributed by atoms with Crippen LogP contribution in [-0.4, -0.2) is 22.5 Å². The van der Waals surface area contributed by atoms with Gasteiger partial charge in [0.25, 0.3) is 0 Å². The van der Waals surface area contributed by atoms with Gasteiger partial charge in [0.1, 0.15) is 16.6 Å². The van der Waals surface area contributed by atoms with Gasteiger partial charge >= 0.3 is 0 Å². The number of nitrogens with zero attached hydrogens (tertiary/aromatic N) is 2. The Morgan fingerprint density at radius 2 is 1.68 bits per heavy atom. The first-order valence-corrected chi connectivity index (χ1v) is 9.88. The van der Waals surface area contributed by atoms with E-state index in [9.17, 15) is 5.11 Å². The zero-order valence-electron chi connectivity index (χ0n) is 15.0. The van der Waals surface area contributed by atoms with E-state index in [0.29, 0.717) is 10.6 Å². The molecule has 5 rings (SSSR count). The molecule has 0 bridgehead atoms. The van der Waals surface area contributed by atoms with Crippen molar-refractivity contribution < 1.29 is 5.11 Å². The summed E-state index contributed by atoms with van der Waals surface area (Å²) in [7, 11) is 0. The van der Waals surface area contributed by atoms with Crippen LogP contribution < -0.4 is 4.90 Å². The molecule has 2 N–H and O–H groups in total. The van der Waals surface area contributed by atoms with Crippen LogP contribution in [0.1, 0.15) is 5.01 Å². The predicted molar refractivity (Wildman–Crippen MR) is 116 cm³/mol. The second-order valence-electron chi connectivity index (χ2n) is 6.66. The summed E-state index contributed by atoms with van der Waals surface area (Å²) in [4.78, 5) is 6.53. The van der Waals surface area contributed by atoms with Crippen LogP contribution in [0.4, 0.5) is 5.69 Å². The number of fused-ring (bicyclic) bond motifs is 1. The lowest BCUT2D eigenvalue weighted by atomic mass is 10.1. The smallest absolute Gasteiger partial charge is 0.139 e. The van der Waals surface area contributed by atoms with E-state index in [4.69, 9.17) is 5.41 Å². The number of anilines is 1. The molecule has 0 fully saturated rings. The molecule has 0 aliphatic carbocycles. The van der Waals surface area contributed by atoms with Crippen molar-refractivity contribution in [1.82, 2.24) is 4.98 Å². The zero-order chi connectivity index (χ0) is 19.1. The molecule has 0 radical (unpaired) electrons. The number of hydrogen-bond donors (Lipinski definition) is 2. The maximum absolute atomic E-state index is 10.7. The van der Waals surface area contributed by atoms with Crippen LogP contribution in [0.3, 0.4) is 0 Å². The fraction of sp³-hybridized carbons (Fsp3) is 0.0435. The Morgan fingerprint density at radius 3 is 2.54 bits per heavy atom. The second kappa shape index (κ2) is 6.62. The summed E-state index contributed by atoms with van der Waals surface area (Å²) in [6.45, 7) is 0.280. The summed E-state index contributed by atoms with van der Waals surface area (Å²) in [6.07, 6.45) is 0. The average molecular weight is 383 g/mol. The lowest BCUT2D eigenvalue weighted by molar-refractivity contribution is 0.411. The van der Waals surface area contributed by atoms with Gasteiger partial charge in [-0.3, -0.25) is 5.41 Å². The first-order valence-electron chi connectivity index (χ1n) is 9.00. The average Bonchev–Trinajstić information content (AvgIpc) is 3.32. The topological polar surface area (TPSA) is 60.2 Å². The van der Waals surface area contributed by atoms with Gasteiger partial charge in [0, 0.05) is 16.3 Å². The third kappa shape index (κ3) is 2.68. The lowest BCUT2D eigenvalue weighted by Gasteiger charge is -2.20. The number of benzene rings is 3.